The van der Waals surface area contributed by atoms with Gasteiger partial charge in [0.1, 0.15) is 11.6 Å². The molecular formula is C16H16BrFO. The zero-order valence-corrected chi connectivity index (χ0v) is 12.8. The monoisotopic (exact) mass is 322 g/mol. The molecule has 0 aliphatic carbocycles. The Kier molecular flexibility index (Phi) is 4.25. The van der Waals surface area contributed by atoms with Gasteiger partial charge < -0.3 is 4.74 Å². The SMILES string of the molecule is COc1ccc(C(Br)c2ccc(C)c(F)c2)cc1C. The molecule has 2 rings (SSSR count). The van der Waals surface area contributed by atoms with E-state index in [1.807, 2.05) is 25.1 Å². The molecule has 0 aliphatic heterocycles. The fraction of sp³-hybridized carbons (Fsp3) is 0.250. The summed E-state index contributed by atoms with van der Waals surface area (Å²) in [4.78, 5) is -0.0211. The van der Waals surface area contributed by atoms with E-state index in [0.717, 1.165) is 22.4 Å². The lowest BCUT2D eigenvalue weighted by atomic mass is 10.0. The highest BCUT2D eigenvalue weighted by molar-refractivity contribution is 9.09. The molecule has 2 aromatic carbocycles. The van der Waals surface area contributed by atoms with E-state index in [2.05, 4.69) is 22.0 Å². The average molecular weight is 323 g/mol. The number of hydrogen-bond donors (Lipinski definition) is 0. The van der Waals surface area contributed by atoms with E-state index >= 15 is 0 Å². The van der Waals surface area contributed by atoms with E-state index in [9.17, 15) is 4.39 Å². The molecule has 0 bridgehead atoms. The first kappa shape index (κ1) is 14.1. The Hall–Kier alpha value is -1.35. The molecule has 0 spiro atoms. The number of rotatable bonds is 3. The Bertz CT molecular complexity index is 595. The van der Waals surface area contributed by atoms with Gasteiger partial charge in [0.15, 0.2) is 0 Å². The summed E-state index contributed by atoms with van der Waals surface area (Å²) in [7, 11) is 1.66. The largest absolute Gasteiger partial charge is 0.496 e. The number of ether oxygens (including phenoxy) is 1. The van der Waals surface area contributed by atoms with E-state index in [1.54, 1.807) is 26.2 Å². The predicted molar refractivity (Wildman–Crippen MR) is 79.6 cm³/mol. The van der Waals surface area contributed by atoms with Crippen LogP contribution < -0.4 is 4.74 Å². The maximum atomic E-state index is 13.6. The minimum absolute atomic E-state index is 0.0211. The summed E-state index contributed by atoms with van der Waals surface area (Å²) in [5.74, 6) is 0.686. The summed E-state index contributed by atoms with van der Waals surface area (Å²) in [6.45, 7) is 3.76. The van der Waals surface area contributed by atoms with Crippen molar-refractivity contribution in [2.45, 2.75) is 18.7 Å². The van der Waals surface area contributed by atoms with Crippen molar-refractivity contribution in [3.63, 3.8) is 0 Å². The van der Waals surface area contributed by atoms with Crippen molar-refractivity contribution in [2.24, 2.45) is 0 Å². The molecule has 0 aliphatic rings. The van der Waals surface area contributed by atoms with Gasteiger partial charge in [0.2, 0.25) is 0 Å². The van der Waals surface area contributed by atoms with Gasteiger partial charge in [0.25, 0.3) is 0 Å². The summed E-state index contributed by atoms with van der Waals surface area (Å²) in [6.07, 6.45) is 0. The van der Waals surface area contributed by atoms with Crippen LogP contribution in [-0.4, -0.2) is 7.11 Å². The van der Waals surface area contributed by atoms with Crippen molar-refractivity contribution in [3.8, 4) is 5.75 Å². The highest BCUT2D eigenvalue weighted by Crippen LogP contribution is 2.33. The van der Waals surface area contributed by atoms with Crippen LogP contribution in [0.15, 0.2) is 36.4 Å². The first-order valence-electron chi connectivity index (χ1n) is 6.07. The third-order valence-electron chi connectivity index (χ3n) is 3.20. The highest BCUT2D eigenvalue weighted by Gasteiger charge is 2.13. The lowest BCUT2D eigenvalue weighted by molar-refractivity contribution is 0.411. The van der Waals surface area contributed by atoms with Crippen LogP contribution in [0.25, 0.3) is 0 Å². The molecule has 0 amide bonds. The summed E-state index contributed by atoms with van der Waals surface area (Å²) in [5, 5.41) is 0. The topological polar surface area (TPSA) is 9.23 Å². The molecular weight excluding hydrogens is 307 g/mol. The molecule has 1 unspecified atom stereocenters. The van der Waals surface area contributed by atoms with Gasteiger partial charge in [-0.15, -0.1) is 0 Å². The van der Waals surface area contributed by atoms with Crippen LogP contribution >= 0.6 is 15.9 Å². The number of aryl methyl sites for hydroxylation is 2. The molecule has 0 aromatic heterocycles. The minimum atomic E-state index is -0.174. The first-order valence-corrected chi connectivity index (χ1v) is 6.99. The smallest absolute Gasteiger partial charge is 0.126 e. The molecule has 0 fully saturated rings. The zero-order valence-electron chi connectivity index (χ0n) is 11.2. The van der Waals surface area contributed by atoms with Gasteiger partial charge in [-0.3, -0.25) is 0 Å². The molecule has 0 heterocycles. The summed E-state index contributed by atoms with van der Waals surface area (Å²) >= 11 is 3.63. The maximum Gasteiger partial charge on any atom is 0.126 e. The summed E-state index contributed by atoms with van der Waals surface area (Å²) < 4.78 is 18.9. The van der Waals surface area contributed by atoms with Crippen molar-refractivity contribution in [1.82, 2.24) is 0 Å². The van der Waals surface area contributed by atoms with Gasteiger partial charge in [0, 0.05) is 0 Å². The lowest BCUT2D eigenvalue weighted by Gasteiger charge is -2.14. The maximum absolute atomic E-state index is 13.6. The van der Waals surface area contributed by atoms with Crippen molar-refractivity contribution in [3.05, 3.63) is 64.5 Å². The van der Waals surface area contributed by atoms with Crippen LogP contribution in [0.4, 0.5) is 4.39 Å². The van der Waals surface area contributed by atoms with Crippen molar-refractivity contribution in [1.29, 1.82) is 0 Å². The quantitative estimate of drug-likeness (QED) is 0.727. The Morgan fingerprint density at radius 3 is 2.21 bits per heavy atom. The molecule has 3 heteroatoms. The fourth-order valence-corrected chi connectivity index (χ4v) is 2.59. The number of methoxy groups -OCH3 is 1. The number of benzene rings is 2. The lowest BCUT2D eigenvalue weighted by Crippen LogP contribution is -1.96. The third kappa shape index (κ3) is 2.98. The van der Waals surface area contributed by atoms with Crippen LogP contribution in [0.2, 0.25) is 0 Å². The van der Waals surface area contributed by atoms with E-state index in [4.69, 9.17) is 4.74 Å². The standard InChI is InChI=1S/C16H16BrFO/c1-10-4-5-13(9-14(10)18)16(17)12-6-7-15(19-3)11(2)8-12/h4-9,16H,1-3H3. The Morgan fingerprint density at radius 2 is 1.63 bits per heavy atom. The normalized spacial score (nSPS) is 12.3. The Labute approximate surface area is 121 Å². The number of alkyl halides is 1. The third-order valence-corrected chi connectivity index (χ3v) is 4.26. The Morgan fingerprint density at radius 1 is 1.00 bits per heavy atom. The summed E-state index contributed by atoms with van der Waals surface area (Å²) in [6, 6.07) is 11.3. The molecule has 100 valence electrons. The zero-order chi connectivity index (χ0) is 14.0. The van der Waals surface area contributed by atoms with Gasteiger partial charge in [-0.25, -0.2) is 4.39 Å². The minimum Gasteiger partial charge on any atom is -0.496 e. The van der Waals surface area contributed by atoms with Gasteiger partial charge in [0.05, 0.1) is 11.9 Å². The second kappa shape index (κ2) is 5.74. The molecule has 1 nitrogen and oxygen atoms in total. The van der Waals surface area contributed by atoms with Crippen LogP contribution in [0.5, 0.6) is 5.75 Å². The van der Waals surface area contributed by atoms with Crippen molar-refractivity contribution < 1.29 is 9.13 Å². The van der Waals surface area contributed by atoms with E-state index in [1.165, 1.54) is 0 Å². The van der Waals surface area contributed by atoms with E-state index in [0.29, 0.717) is 5.56 Å². The predicted octanol–water partition coefficient (Wildman–Crippen LogP) is 4.94. The number of hydrogen-bond acceptors (Lipinski definition) is 1. The average Bonchev–Trinajstić information content (AvgIpc) is 2.41. The van der Waals surface area contributed by atoms with Gasteiger partial charge in [-0.05, 0) is 48.2 Å². The van der Waals surface area contributed by atoms with Crippen LogP contribution in [0.1, 0.15) is 27.1 Å². The molecule has 2 aromatic rings. The van der Waals surface area contributed by atoms with Crippen molar-refractivity contribution >= 4 is 15.9 Å². The first-order chi connectivity index (χ1) is 9.02. The second-order valence-electron chi connectivity index (χ2n) is 4.60. The van der Waals surface area contributed by atoms with E-state index in [-0.39, 0.29) is 10.6 Å². The summed E-state index contributed by atoms with van der Waals surface area (Å²) in [5.41, 5.74) is 3.72. The molecule has 0 N–H and O–H groups in total. The van der Waals surface area contributed by atoms with Crippen LogP contribution in [0, 0.1) is 19.7 Å². The molecule has 1 atom stereocenters. The molecule has 0 radical (unpaired) electrons. The Balaban J connectivity index is 2.35. The van der Waals surface area contributed by atoms with Gasteiger partial charge in [-0.2, -0.15) is 0 Å². The van der Waals surface area contributed by atoms with E-state index < -0.39 is 0 Å². The fourth-order valence-electron chi connectivity index (χ4n) is 2.02. The number of halogens is 2. The second-order valence-corrected chi connectivity index (χ2v) is 5.52. The van der Waals surface area contributed by atoms with Gasteiger partial charge in [-0.1, -0.05) is 40.2 Å². The van der Waals surface area contributed by atoms with Crippen LogP contribution in [0.3, 0.4) is 0 Å². The molecule has 0 saturated carbocycles. The molecule has 0 saturated heterocycles. The van der Waals surface area contributed by atoms with Crippen molar-refractivity contribution in [2.75, 3.05) is 7.11 Å². The highest BCUT2D eigenvalue weighted by atomic mass is 79.9. The van der Waals surface area contributed by atoms with Gasteiger partial charge >= 0.3 is 0 Å². The molecule has 19 heavy (non-hydrogen) atoms. The van der Waals surface area contributed by atoms with Crippen LogP contribution in [-0.2, 0) is 0 Å².